The van der Waals surface area contributed by atoms with Crippen LogP contribution in [0.15, 0.2) is 42.7 Å². The van der Waals surface area contributed by atoms with E-state index in [1.807, 2.05) is 23.3 Å². The molecule has 166 valence electrons. The van der Waals surface area contributed by atoms with Crippen molar-refractivity contribution >= 4 is 46.8 Å². The van der Waals surface area contributed by atoms with Crippen LogP contribution >= 0.6 is 35.0 Å². The quantitative estimate of drug-likeness (QED) is 0.625. The molecule has 2 amide bonds. The number of aromatic nitrogens is 1. The molecule has 1 aromatic carbocycles. The highest BCUT2D eigenvalue weighted by Crippen LogP contribution is 2.21. The predicted molar refractivity (Wildman–Crippen MR) is 127 cm³/mol. The van der Waals surface area contributed by atoms with Crippen molar-refractivity contribution < 1.29 is 9.59 Å². The van der Waals surface area contributed by atoms with Crippen LogP contribution in [0.2, 0.25) is 10.0 Å². The molecule has 1 fully saturated rings. The molecule has 0 spiro atoms. The monoisotopic (exact) mass is 480 g/mol. The van der Waals surface area contributed by atoms with Gasteiger partial charge in [0.2, 0.25) is 5.91 Å². The Morgan fingerprint density at radius 2 is 1.84 bits per heavy atom. The van der Waals surface area contributed by atoms with E-state index in [4.69, 9.17) is 23.2 Å². The highest BCUT2D eigenvalue weighted by atomic mass is 35.5. The standard InChI is InChI=1S/C22H26Cl2N4O2S/c1-31-13-6-20(26-21(29)18-3-2-17(23)14-19(18)24)22(30)28-11-9-27(10-12-28)15-16-4-7-25-8-5-16/h2-5,7-8,14,20H,6,9-13,15H2,1H3,(H,26,29). The van der Waals surface area contributed by atoms with Crippen LogP contribution in [-0.4, -0.2) is 70.8 Å². The second-order valence-electron chi connectivity index (χ2n) is 7.39. The van der Waals surface area contributed by atoms with Gasteiger partial charge in [-0.2, -0.15) is 11.8 Å². The summed E-state index contributed by atoms with van der Waals surface area (Å²) in [6.45, 7) is 3.70. The molecule has 9 heteroatoms. The Hall–Kier alpha value is -1.80. The molecule has 1 saturated heterocycles. The molecule has 31 heavy (non-hydrogen) atoms. The Bertz CT molecular complexity index is 892. The van der Waals surface area contributed by atoms with Crippen molar-refractivity contribution in [2.45, 2.75) is 19.0 Å². The molecule has 1 atom stereocenters. The molecule has 1 unspecified atom stereocenters. The highest BCUT2D eigenvalue weighted by molar-refractivity contribution is 7.98. The molecule has 0 aliphatic carbocycles. The zero-order valence-corrected chi connectivity index (χ0v) is 19.7. The normalized spacial score (nSPS) is 15.5. The Kier molecular flexibility index (Phi) is 9.02. The van der Waals surface area contributed by atoms with Gasteiger partial charge in [0.15, 0.2) is 0 Å². The van der Waals surface area contributed by atoms with E-state index in [0.29, 0.717) is 30.1 Å². The van der Waals surface area contributed by atoms with E-state index in [1.165, 1.54) is 11.6 Å². The van der Waals surface area contributed by atoms with E-state index in [2.05, 4.69) is 15.2 Å². The van der Waals surface area contributed by atoms with Gasteiger partial charge in [0.25, 0.3) is 5.91 Å². The summed E-state index contributed by atoms with van der Waals surface area (Å²) in [5.74, 6) is 0.362. The summed E-state index contributed by atoms with van der Waals surface area (Å²) in [6, 6.07) is 8.15. The van der Waals surface area contributed by atoms with Crippen molar-refractivity contribution in [2.24, 2.45) is 0 Å². The number of hydrogen-bond donors (Lipinski definition) is 1. The van der Waals surface area contributed by atoms with Crippen LogP contribution in [0.5, 0.6) is 0 Å². The molecule has 0 bridgehead atoms. The van der Waals surface area contributed by atoms with Gasteiger partial charge in [0.1, 0.15) is 6.04 Å². The summed E-state index contributed by atoms with van der Waals surface area (Å²) < 4.78 is 0. The number of benzene rings is 1. The number of carbonyl (C=O) groups is 2. The van der Waals surface area contributed by atoms with Gasteiger partial charge in [-0.25, -0.2) is 0 Å². The number of rotatable bonds is 8. The molecule has 1 aliphatic rings. The molecule has 2 aromatic rings. The number of thioether (sulfide) groups is 1. The summed E-state index contributed by atoms with van der Waals surface area (Å²) in [5.41, 5.74) is 1.52. The number of carbonyl (C=O) groups excluding carboxylic acids is 2. The lowest BCUT2D eigenvalue weighted by molar-refractivity contribution is -0.135. The maximum atomic E-state index is 13.2. The molecule has 1 aliphatic heterocycles. The first-order valence-electron chi connectivity index (χ1n) is 10.1. The van der Waals surface area contributed by atoms with Crippen LogP contribution in [0.3, 0.4) is 0 Å². The summed E-state index contributed by atoms with van der Waals surface area (Å²) in [5, 5.41) is 3.61. The molecule has 0 saturated carbocycles. The zero-order chi connectivity index (χ0) is 22.2. The first-order chi connectivity index (χ1) is 15.0. The van der Waals surface area contributed by atoms with Crippen LogP contribution in [-0.2, 0) is 11.3 Å². The Morgan fingerprint density at radius 1 is 1.13 bits per heavy atom. The molecule has 6 nitrogen and oxygen atoms in total. The molecular formula is C22H26Cl2N4O2S. The maximum absolute atomic E-state index is 13.2. The maximum Gasteiger partial charge on any atom is 0.253 e. The fourth-order valence-corrected chi connectivity index (χ4v) is 4.46. The second kappa shape index (κ2) is 11.7. The number of nitrogens with one attached hydrogen (secondary N) is 1. The molecule has 1 N–H and O–H groups in total. The number of piperazine rings is 1. The number of pyridine rings is 1. The van der Waals surface area contributed by atoms with Gasteiger partial charge in [-0.15, -0.1) is 0 Å². The third-order valence-corrected chi connectivity index (χ3v) is 6.42. The van der Waals surface area contributed by atoms with Crippen LogP contribution in [0.1, 0.15) is 22.3 Å². The highest BCUT2D eigenvalue weighted by Gasteiger charge is 2.29. The minimum absolute atomic E-state index is 0.0453. The van der Waals surface area contributed by atoms with E-state index in [0.717, 1.165) is 25.4 Å². The third kappa shape index (κ3) is 6.84. The van der Waals surface area contributed by atoms with Gasteiger partial charge in [-0.3, -0.25) is 19.5 Å². The van der Waals surface area contributed by atoms with E-state index in [-0.39, 0.29) is 16.8 Å². The predicted octanol–water partition coefficient (Wildman–Crippen LogP) is 3.58. The average molecular weight is 481 g/mol. The summed E-state index contributed by atoms with van der Waals surface area (Å²) in [4.78, 5) is 34.2. The molecule has 3 rings (SSSR count). The van der Waals surface area contributed by atoms with Crippen molar-refractivity contribution in [3.8, 4) is 0 Å². The first kappa shape index (κ1) is 23.9. The third-order valence-electron chi connectivity index (χ3n) is 5.23. The van der Waals surface area contributed by atoms with Gasteiger partial charge >= 0.3 is 0 Å². The van der Waals surface area contributed by atoms with Crippen LogP contribution in [0.25, 0.3) is 0 Å². The second-order valence-corrected chi connectivity index (χ2v) is 9.22. The van der Waals surface area contributed by atoms with Gasteiger partial charge in [-0.05, 0) is 54.3 Å². The average Bonchev–Trinajstić information content (AvgIpc) is 2.77. The van der Waals surface area contributed by atoms with E-state index < -0.39 is 6.04 Å². The zero-order valence-electron chi connectivity index (χ0n) is 17.4. The summed E-state index contributed by atoms with van der Waals surface area (Å²) in [7, 11) is 0. The number of nitrogens with zero attached hydrogens (tertiary/aromatic N) is 3. The SMILES string of the molecule is CSCCC(NC(=O)c1ccc(Cl)cc1Cl)C(=O)N1CCN(Cc2ccncc2)CC1. The van der Waals surface area contributed by atoms with Gasteiger partial charge in [-0.1, -0.05) is 23.2 Å². The van der Waals surface area contributed by atoms with Gasteiger partial charge < -0.3 is 10.2 Å². The van der Waals surface area contributed by atoms with Crippen LogP contribution in [0, 0.1) is 0 Å². The van der Waals surface area contributed by atoms with Gasteiger partial charge in [0, 0.05) is 50.1 Å². The molecular weight excluding hydrogens is 455 g/mol. The van der Waals surface area contributed by atoms with E-state index in [9.17, 15) is 9.59 Å². The topological polar surface area (TPSA) is 65.5 Å². The Labute approximate surface area is 197 Å². The van der Waals surface area contributed by atoms with Crippen molar-refractivity contribution in [3.63, 3.8) is 0 Å². The largest absolute Gasteiger partial charge is 0.340 e. The van der Waals surface area contributed by atoms with E-state index >= 15 is 0 Å². The first-order valence-corrected chi connectivity index (χ1v) is 12.3. The fourth-order valence-electron chi connectivity index (χ4n) is 3.50. The minimum atomic E-state index is -0.585. The Balaban J connectivity index is 1.60. The van der Waals surface area contributed by atoms with Gasteiger partial charge in [0.05, 0.1) is 10.6 Å². The summed E-state index contributed by atoms with van der Waals surface area (Å²) >= 11 is 13.7. The number of hydrogen-bond acceptors (Lipinski definition) is 5. The fraction of sp³-hybridized carbons (Fsp3) is 0.409. The van der Waals surface area contributed by atoms with Crippen molar-refractivity contribution in [2.75, 3.05) is 38.2 Å². The lowest BCUT2D eigenvalue weighted by atomic mass is 10.1. The lowest BCUT2D eigenvalue weighted by Gasteiger charge is -2.36. The molecule has 0 radical (unpaired) electrons. The van der Waals surface area contributed by atoms with E-state index in [1.54, 1.807) is 36.3 Å². The summed E-state index contributed by atoms with van der Waals surface area (Å²) in [6.07, 6.45) is 6.13. The van der Waals surface area contributed by atoms with Crippen molar-refractivity contribution in [1.82, 2.24) is 20.1 Å². The molecule has 1 aromatic heterocycles. The van der Waals surface area contributed by atoms with Crippen LogP contribution in [0.4, 0.5) is 0 Å². The Morgan fingerprint density at radius 3 is 2.48 bits per heavy atom. The smallest absolute Gasteiger partial charge is 0.253 e. The van der Waals surface area contributed by atoms with Crippen molar-refractivity contribution in [3.05, 3.63) is 63.9 Å². The molecule has 2 heterocycles. The van der Waals surface area contributed by atoms with Crippen LogP contribution < -0.4 is 5.32 Å². The number of halogens is 2. The van der Waals surface area contributed by atoms with Crippen molar-refractivity contribution in [1.29, 1.82) is 0 Å². The minimum Gasteiger partial charge on any atom is -0.340 e. The lowest BCUT2D eigenvalue weighted by Crippen LogP contribution is -2.55. The number of amides is 2.